The van der Waals surface area contributed by atoms with Gasteiger partial charge in [-0.15, -0.1) is 0 Å². The number of nitrogens with zero attached hydrogens (tertiary/aromatic N) is 2. The van der Waals surface area contributed by atoms with Crippen LogP contribution in [-0.2, 0) is 9.47 Å². The molecule has 0 radical (unpaired) electrons. The molecule has 2 fully saturated rings. The molecule has 92 valence electrons. The third kappa shape index (κ3) is 1.41. The first-order valence-electron chi connectivity index (χ1n) is 5.45. The lowest BCUT2D eigenvalue weighted by Gasteiger charge is -2.27. The highest BCUT2D eigenvalue weighted by molar-refractivity contribution is 5.80. The Hall–Kier alpha value is -1.37. The lowest BCUT2D eigenvalue weighted by Crippen LogP contribution is -2.40. The van der Waals surface area contributed by atoms with Gasteiger partial charge in [0.1, 0.15) is 12.2 Å². The average molecular weight is 238 g/mol. The van der Waals surface area contributed by atoms with Crippen molar-refractivity contribution < 1.29 is 19.7 Å². The topological polar surface area (TPSA) is 74.5 Å². The minimum absolute atomic E-state index is 0.231. The van der Waals surface area contributed by atoms with Crippen LogP contribution in [-0.4, -0.2) is 58.8 Å². The fourth-order valence-electron chi connectivity index (χ4n) is 2.28. The first-order valence-corrected chi connectivity index (χ1v) is 5.45. The molecule has 4 atom stereocenters. The van der Waals surface area contributed by atoms with Crippen LogP contribution < -0.4 is 0 Å². The van der Waals surface area contributed by atoms with Gasteiger partial charge in [-0.05, 0) is 5.57 Å². The molecule has 3 heterocycles. The third-order valence-electron chi connectivity index (χ3n) is 3.29. The summed E-state index contributed by atoms with van der Waals surface area (Å²) in [5.41, 5.74) is 1.38. The predicted octanol–water partition coefficient (Wildman–Crippen LogP) is -0.795. The molecular weight excluding hydrogens is 224 g/mol. The smallest absolute Gasteiger partial charge is 0.295 e. The number of rotatable bonds is 1. The highest BCUT2D eigenvalue weighted by atomic mass is 16.6. The van der Waals surface area contributed by atoms with E-state index in [0.29, 0.717) is 18.3 Å². The highest BCUT2D eigenvalue weighted by Crippen LogP contribution is 2.35. The minimum atomic E-state index is -0.847. The standard InChI is InChI=1S/C11H14N2O4/c1-5-3-13-10-9(8(15)7(4-14)16-10)17-11(13)12-6(5)2/h7-10,14-15H,1-4H2/t7-,8-,9+,10-/m0/s1. The number of hydrogen-bond acceptors (Lipinski definition) is 6. The van der Waals surface area contributed by atoms with E-state index in [-0.39, 0.29) is 6.61 Å². The number of aliphatic hydroxyl groups is 2. The molecule has 2 N–H and O–H groups in total. The summed E-state index contributed by atoms with van der Waals surface area (Å²) in [6.07, 6.45) is -2.37. The zero-order valence-corrected chi connectivity index (χ0v) is 9.24. The Kier molecular flexibility index (Phi) is 2.25. The van der Waals surface area contributed by atoms with E-state index >= 15 is 0 Å². The highest BCUT2D eigenvalue weighted by Gasteiger charge is 2.54. The van der Waals surface area contributed by atoms with Crippen molar-refractivity contribution in [3.8, 4) is 0 Å². The van der Waals surface area contributed by atoms with Crippen LogP contribution in [0.15, 0.2) is 29.4 Å². The van der Waals surface area contributed by atoms with E-state index in [1.807, 2.05) is 0 Å². The van der Waals surface area contributed by atoms with E-state index in [9.17, 15) is 5.11 Å². The second-order valence-electron chi connectivity index (χ2n) is 4.39. The number of aliphatic imine (C=N–C) groups is 1. The van der Waals surface area contributed by atoms with Gasteiger partial charge in [0.05, 0.1) is 18.8 Å². The van der Waals surface area contributed by atoms with Crippen molar-refractivity contribution in [3.63, 3.8) is 0 Å². The molecule has 3 rings (SSSR count). The number of ether oxygens (including phenoxy) is 2. The van der Waals surface area contributed by atoms with Gasteiger partial charge in [-0.1, -0.05) is 13.2 Å². The van der Waals surface area contributed by atoms with Gasteiger partial charge in [0.25, 0.3) is 6.02 Å². The second kappa shape index (κ2) is 3.56. The number of aliphatic hydroxyl groups excluding tert-OH is 2. The molecule has 3 aliphatic rings. The van der Waals surface area contributed by atoms with Gasteiger partial charge in [-0.25, -0.2) is 0 Å². The fraction of sp³-hybridized carbons (Fsp3) is 0.545. The monoisotopic (exact) mass is 238 g/mol. The maximum atomic E-state index is 9.90. The summed E-state index contributed by atoms with van der Waals surface area (Å²) in [5, 5.41) is 19.0. The van der Waals surface area contributed by atoms with Crippen LogP contribution in [0.25, 0.3) is 0 Å². The molecule has 0 bridgehead atoms. The van der Waals surface area contributed by atoms with E-state index in [0.717, 1.165) is 5.57 Å². The summed E-state index contributed by atoms with van der Waals surface area (Å²) in [7, 11) is 0. The second-order valence-corrected chi connectivity index (χ2v) is 4.39. The van der Waals surface area contributed by atoms with Crippen LogP contribution in [0.2, 0.25) is 0 Å². The first-order chi connectivity index (χ1) is 8.11. The van der Waals surface area contributed by atoms with Crippen molar-refractivity contribution in [1.29, 1.82) is 0 Å². The summed E-state index contributed by atoms with van der Waals surface area (Å²) in [5.74, 6) is 0. The summed E-state index contributed by atoms with van der Waals surface area (Å²) in [4.78, 5) is 5.96. The molecular formula is C11H14N2O4. The molecule has 0 saturated carbocycles. The van der Waals surface area contributed by atoms with Crippen molar-refractivity contribution >= 4 is 6.02 Å². The summed E-state index contributed by atoms with van der Waals surface area (Å²) >= 11 is 0. The van der Waals surface area contributed by atoms with Gasteiger partial charge >= 0.3 is 0 Å². The van der Waals surface area contributed by atoms with Gasteiger partial charge < -0.3 is 19.7 Å². The van der Waals surface area contributed by atoms with Crippen LogP contribution in [0.5, 0.6) is 0 Å². The molecule has 0 aromatic heterocycles. The maximum absolute atomic E-state index is 9.90. The predicted molar refractivity (Wildman–Crippen MR) is 59.0 cm³/mol. The molecule has 0 unspecified atom stereocenters. The van der Waals surface area contributed by atoms with E-state index in [1.165, 1.54) is 0 Å². The third-order valence-corrected chi connectivity index (χ3v) is 3.29. The van der Waals surface area contributed by atoms with Crippen molar-refractivity contribution in [2.75, 3.05) is 13.2 Å². The summed E-state index contributed by atoms with van der Waals surface area (Å²) in [6, 6.07) is 0.410. The van der Waals surface area contributed by atoms with Crippen molar-refractivity contribution in [3.05, 3.63) is 24.4 Å². The molecule has 3 aliphatic heterocycles. The number of amidine groups is 1. The Balaban J connectivity index is 1.88. The summed E-state index contributed by atoms with van der Waals surface area (Å²) in [6.45, 7) is 7.91. The molecule has 0 amide bonds. The van der Waals surface area contributed by atoms with Crippen LogP contribution >= 0.6 is 0 Å². The van der Waals surface area contributed by atoms with Crippen molar-refractivity contribution in [1.82, 2.24) is 4.90 Å². The zero-order valence-electron chi connectivity index (χ0n) is 9.24. The van der Waals surface area contributed by atoms with Gasteiger partial charge in [0.15, 0.2) is 12.3 Å². The van der Waals surface area contributed by atoms with E-state index < -0.39 is 24.5 Å². The van der Waals surface area contributed by atoms with E-state index in [2.05, 4.69) is 18.2 Å². The molecule has 6 nitrogen and oxygen atoms in total. The van der Waals surface area contributed by atoms with Crippen molar-refractivity contribution in [2.45, 2.75) is 24.5 Å². The zero-order chi connectivity index (χ0) is 12.2. The Morgan fingerprint density at radius 3 is 2.94 bits per heavy atom. The SMILES string of the molecule is C=C1CN2C(=NC1=C)O[C@@H]1[C@@H](O)[C@H](CO)O[C@@H]12. The van der Waals surface area contributed by atoms with Crippen LogP contribution in [0.4, 0.5) is 0 Å². The van der Waals surface area contributed by atoms with E-state index in [1.54, 1.807) is 4.90 Å². The molecule has 0 spiro atoms. The Bertz CT molecular complexity index is 420. The lowest BCUT2D eigenvalue weighted by molar-refractivity contribution is -0.0546. The van der Waals surface area contributed by atoms with Gasteiger partial charge in [0.2, 0.25) is 0 Å². The Morgan fingerprint density at radius 1 is 1.47 bits per heavy atom. The van der Waals surface area contributed by atoms with E-state index in [4.69, 9.17) is 14.6 Å². The number of hydrogen-bond donors (Lipinski definition) is 2. The maximum Gasteiger partial charge on any atom is 0.295 e. The van der Waals surface area contributed by atoms with Gasteiger partial charge in [0, 0.05) is 0 Å². The van der Waals surface area contributed by atoms with Crippen LogP contribution in [0.3, 0.4) is 0 Å². The molecule has 0 aliphatic carbocycles. The largest absolute Gasteiger partial charge is 0.454 e. The fourth-order valence-corrected chi connectivity index (χ4v) is 2.28. The Morgan fingerprint density at radius 2 is 2.24 bits per heavy atom. The molecule has 17 heavy (non-hydrogen) atoms. The number of fused-ring (bicyclic) bond motifs is 3. The molecule has 0 aromatic rings. The quantitative estimate of drug-likeness (QED) is 0.626. The normalized spacial score (nSPS) is 39.9. The molecule has 2 saturated heterocycles. The van der Waals surface area contributed by atoms with Gasteiger partial charge in [-0.3, -0.25) is 4.90 Å². The van der Waals surface area contributed by atoms with Crippen LogP contribution in [0.1, 0.15) is 0 Å². The van der Waals surface area contributed by atoms with Crippen LogP contribution in [0, 0.1) is 0 Å². The van der Waals surface area contributed by atoms with Gasteiger partial charge in [-0.2, -0.15) is 4.99 Å². The lowest BCUT2D eigenvalue weighted by atomic mass is 10.1. The Labute approximate surface area is 98.5 Å². The minimum Gasteiger partial charge on any atom is -0.454 e. The summed E-state index contributed by atoms with van der Waals surface area (Å²) < 4.78 is 11.1. The molecule has 0 aromatic carbocycles. The average Bonchev–Trinajstić information content (AvgIpc) is 2.78. The first kappa shape index (κ1) is 10.8. The van der Waals surface area contributed by atoms with Crippen molar-refractivity contribution in [2.24, 2.45) is 4.99 Å². The molecule has 6 heteroatoms.